The predicted molar refractivity (Wildman–Crippen MR) is 102 cm³/mol. The molecule has 2 aromatic heterocycles. The highest BCUT2D eigenvalue weighted by Gasteiger charge is 2.26. The van der Waals surface area contributed by atoms with Gasteiger partial charge in [0, 0.05) is 29.3 Å². The number of H-pyrrole nitrogens is 1. The summed E-state index contributed by atoms with van der Waals surface area (Å²) in [6.07, 6.45) is 3.11. The Morgan fingerprint density at radius 3 is 2.74 bits per heavy atom. The molecule has 1 aliphatic carbocycles. The third kappa shape index (κ3) is 3.18. The Balaban J connectivity index is 1.54. The maximum atomic E-state index is 12.6. The number of carbonyl (C=O) groups is 2. The summed E-state index contributed by atoms with van der Waals surface area (Å²) in [4.78, 5) is 27.9. The number of Topliss-reactive ketones (excluding diaryl/α,β-unsaturated/α-hetero) is 1. The maximum Gasteiger partial charge on any atom is 0.274 e. The van der Waals surface area contributed by atoms with Crippen LogP contribution in [0.5, 0.6) is 0 Å². The van der Waals surface area contributed by atoms with E-state index in [1.165, 1.54) is 5.56 Å². The molecule has 0 radical (unpaired) electrons. The van der Waals surface area contributed by atoms with Crippen molar-refractivity contribution in [1.29, 1.82) is 0 Å². The summed E-state index contributed by atoms with van der Waals surface area (Å²) in [5, 5.41) is 6.76. The van der Waals surface area contributed by atoms with E-state index in [0.717, 1.165) is 30.5 Å². The van der Waals surface area contributed by atoms with Crippen molar-refractivity contribution in [2.75, 3.05) is 5.32 Å². The molecular weight excluding hydrogens is 342 g/mol. The number of anilines is 1. The quantitative estimate of drug-likeness (QED) is 0.723. The Labute approximate surface area is 157 Å². The Morgan fingerprint density at radius 2 is 2.04 bits per heavy atom. The van der Waals surface area contributed by atoms with Gasteiger partial charge in [0.2, 0.25) is 5.88 Å². The molecule has 0 saturated heterocycles. The normalized spacial score (nSPS) is 13.5. The lowest BCUT2D eigenvalue weighted by Gasteiger charge is -2.09. The highest BCUT2D eigenvalue weighted by Crippen LogP contribution is 2.27. The molecule has 2 N–H and O–H groups in total. The first kappa shape index (κ1) is 17.3. The molecule has 1 aromatic carbocycles. The first-order valence-corrected chi connectivity index (χ1v) is 9.19. The van der Waals surface area contributed by atoms with Crippen LogP contribution in [0.25, 0.3) is 11.3 Å². The molecule has 138 valence electrons. The van der Waals surface area contributed by atoms with Crippen LogP contribution in [0.1, 0.15) is 57.4 Å². The third-order valence-corrected chi connectivity index (χ3v) is 5.07. The van der Waals surface area contributed by atoms with Crippen molar-refractivity contribution in [3.8, 4) is 11.3 Å². The van der Waals surface area contributed by atoms with Gasteiger partial charge in [0.1, 0.15) is 11.4 Å². The first-order chi connectivity index (χ1) is 13.1. The zero-order chi connectivity index (χ0) is 19.0. The molecule has 0 unspecified atom stereocenters. The summed E-state index contributed by atoms with van der Waals surface area (Å²) >= 11 is 0. The fraction of sp³-hybridized carbons (Fsp3) is 0.286. The molecule has 0 fully saturated rings. The number of aryl methyl sites for hydroxylation is 2. The fourth-order valence-electron chi connectivity index (χ4n) is 3.56. The summed E-state index contributed by atoms with van der Waals surface area (Å²) in [5.41, 5.74) is 5.45. The maximum absolute atomic E-state index is 12.6. The van der Waals surface area contributed by atoms with Crippen LogP contribution >= 0.6 is 0 Å². The summed E-state index contributed by atoms with van der Waals surface area (Å²) in [6, 6.07) is 9.76. The van der Waals surface area contributed by atoms with Crippen LogP contribution in [0.15, 0.2) is 34.9 Å². The molecule has 0 bridgehead atoms. The second-order valence-electron chi connectivity index (χ2n) is 6.84. The summed E-state index contributed by atoms with van der Waals surface area (Å²) in [6.45, 7) is 3.90. The smallest absolute Gasteiger partial charge is 0.274 e. The lowest BCUT2D eigenvalue weighted by Crippen LogP contribution is -2.13. The highest BCUT2D eigenvalue weighted by atomic mass is 16.5. The summed E-state index contributed by atoms with van der Waals surface area (Å²) in [7, 11) is 0. The number of carbonyl (C=O) groups excluding carboxylic acids is 2. The van der Waals surface area contributed by atoms with Gasteiger partial charge in [-0.05, 0) is 37.3 Å². The molecule has 0 aliphatic heterocycles. The number of benzene rings is 1. The lowest BCUT2D eigenvalue weighted by atomic mass is 9.94. The van der Waals surface area contributed by atoms with E-state index < -0.39 is 0 Å². The van der Waals surface area contributed by atoms with Crippen molar-refractivity contribution in [3.63, 3.8) is 0 Å². The molecule has 4 rings (SSSR count). The number of rotatable bonds is 4. The second-order valence-corrected chi connectivity index (χ2v) is 6.84. The van der Waals surface area contributed by atoms with Gasteiger partial charge in [0.05, 0.1) is 0 Å². The van der Waals surface area contributed by atoms with E-state index in [-0.39, 0.29) is 17.6 Å². The van der Waals surface area contributed by atoms with Gasteiger partial charge in [-0.15, -0.1) is 0 Å². The van der Waals surface area contributed by atoms with Crippen LogP contribution in [0.3, 0.4) is 0 Å². The van der Waals surface area contributed by atoms with Crippen LogP contribution in [0.4, 0.5) is 5.88 Å². The second kappa shape index (κ2) is 6.87. The number of nitrogens with one attached hydrogen (secondary N) is 2. The van der Waals surface area contributed by atoms with Crippen molar-refractivity contribution in [3.05, 3.63) is 58.4 Å². The molecule has 6 nitrogen and oxygen atoms in total. The molecule has 3 aromatic rings. The molecular formula is C21H21N3O3. The number of ketones is 1. The van der Waals surface area contributed by atoms with Crippen LogP contribution < -0.4 is 5.32 Å². The number of aromatic nitrogens is 2. The largest absolute Gasteiger partial charge is 0.354 e. The van der Waals surface area contributed by atoms with Gasteiger partial charge < -0.3 is 9.51 Å². The molecule has 1 amide bonds. The van der Waals surface area contributed by atoms with E-state index in [0.29, 0.717) is 28.9 Å². The number of hydrogen-bond acceptors (Lipinski definition) is 4. The predicted octanol–water partition coefficient (Wildman–Crippen LogP) is 4.31. The van der Waals surface area contributed by atoms with E-state index in [2.05, 4.69) is 22.4 Å². The summed E-state index contributed by atoms with van der Waals surface area (Å²) < 4.78 is 5.27. The van der Waals surface area contributed by atoms with Gasteiger partial charge in [-0.1, -0.05) is 36.3 Å². The average molecular weight is 363 g/mol. The van der Waals surface area contributed by atoms with Gasteiger partial charge >= 0.3 is 0 Å². The lowest BCUT2D eigenvalue weighted by molar-refractivity contribution is 0.0971. The van der Waals surface area contributed by atoms with Crippen LogP contribution in [-0.4, -0.2) is 21.8 Å². The Kier molecular flexibility index (Phi) is 4.39. The molecule has 0 saturated carbocycles. The average Bonchev–Trinajstić information content (AvgIpc) is 3.27. The third-order valence-electron chi connectivity index (χ3n) is 5.07. The number of fused-ring (bicyclic) bond motifs is 1. The van der Waals surface area contributed by atoms with E-state index in [1.54, 1.807) is 13.0 Å². The molecule has 2 heterocycles. The number of aromatic amines is 1. The zero-order valence-corrected chi connectivity index (χ0v) is 15.4. The van der Waals surface area contributed by atoms with Crippen molar-refractivity contribution >= 4 is 17.6 Å². The van der Waals surface area contributed by atoms with Crippen LogP contribution in [-0.2, 0) is 12.8 Å². The monoisotopic (exact) mass is 363 g/mol. The number of hydrogen-bond donors (Lipinski definition) is 2. The van der Waals surface area contributed by atoms with Crippen LogP contribution in [0.2, 0.25) is 0 Å². The molecule has 6 heteroatoms. The first-order valence-electron chi connectivity index (χ1n) is 9.19. The van der Waals surface area contributed by atoms with Gasteiger partial charge in [0.25, 0.3) is 5.91 Å². The molecule has 0 atom stereocenters. The minimum Gasteiger partial charge on any atom is -0.354 e. The van der Waals surface area contributed by atoms with E-state index in [4.69, 9.17) is 4.52 Å². The van der Waals surface area contributed by atoms with Gasteiger partial charge in [0.15, 0.2) is 5.78 Å². The number of amides is 1. The van der Waals surface area contributed by atoms with Gasteiger partial charge in [-0.3, -0.25) is 14.9 Å². The number of nitrogens with zero attached hydrogens (tertiary/aromatic N) is 1. The van der Waals surface area contributed by atoms with Crippen LogP contribution in [0, 0.1) is 6.92 Å². The standard InChI is InChI=1S/C21H21N3O3/c1-3-13-7-9-14(10-8-13)16-11-18(27-24-16)23-21(26)20-12(2)19-15(22-20)5-4-6-17(19)25/h7-11,22H,3-6H2,1-2H3,(H,23,26). The highest BCUT2D eigenvalue weighted by molar-refractivity contribution is 6.08. The minimum absolute atomic E-state index is 0.0986. The van der Waals surface area contributed by atoms with Crippen molar-refractivity contribution in [1.82, 2.24) is 10.1 Å². The van der Waals surface area contributed by atoms with Gasteiger partial charge in [-0.25, -0.2) is 0 Å². The summed E-state index contributed by atoms with van der Waals surface area (Å²) in [5.74, 6) is 0.0353. The SMILES string of the molecule is CCc1ccc(-c2cc(NC(=O)c3[nH]c4c(c3C)C(=O)CCC4)on2)cc1. The van der Waals surface area contributed by atoms with E-state index in [9.17, 15) is 9.59 Å². The minimum atomic E-state index is -0.335. The molecule has 1 aliphatic rings. The van der Waals surface area contributed by atoms with E-state index >= 15 is 0 Å². The zero-order valence-electron chi connectivity index (χ0n) is 15.4. The Hall–Kier alpha value is -3.15. The van der Waals surface area contributed by atoms with Crippen molar-refractivity contribution < 1.29 is 14.1 Å². The molecule has 27 heavy (non-hydrogen) atoms. The van der Waals surface area contributed by atoms with Crippen molar-refractivity contribution in [2.45, 2.75) is 39.5 Å². The fourth-order valence-corrected chi connectivity index (χ4v) is 3.56. The topological polar surface area (TPSA) is 88.0 Å². The Morgan fingerprint density at radius 1 is 1.26 bits per heavy atom. The van der Waals surface area contributed by atoms with E-state index in [1.807, 2.05) is 24.3 Å². The molecule has 0 spiro atoms. The Bertz CT molecular complexity index is 1010. The van der Waals surface area contributed by atoms with Crippen molar-refractivity contribution in [2.24, 2.45) is 0 Å². The van der Waals surface area contributed by atoms with Gasteiger partial charge in [-0.2, -0.15) is 0 Å².